The van der Waals surface area contributed by atoms with Gasteiger partial charge in [0.2, 0.25) is 0 Å². The predicted molar refractivity (Wildman–Crippen MR) is 114 cm³/mol. The number of nitrogens with two attached hydrogens (primary N) is 1. The molecule has 0 fully saturated rings. The lowest BCUT2D eigenvalue weighted by Gasteiger charge is -2.10. The third kappa shape index (κ3) is 4.39. The van der Waals surface area contributed by atoms with E-state index in [1.165, 1.54) is 31.2 Å². The largest absolute Gasteiger partial charge is 0.494 e. The number of nitrogens with zero attached hydrogens (tertiary/aromatic N) is 3. The van der Waals surface area contributed by atoms with E-state index in [9.17, 15) is 35.8 Å². The second-order valence-corrected chi connectivity index (χ2v) is 9.44. The van der Waals surface area contributed by atoms with Crippen LogP contribution >= 0.6 is 0 Å². The minimum atomic E-state index is -4.94. The van der Waals surface area contributed by atoms with Gasteiger partial charge >= 0.3 is 0 Å². The third-order valence-corrected chi connectivity index (χ3v) is 6.40. The highest BCUT2D eigenvalue weighted by molar-refractivity contribution is 7.86. The smallest absolute Gasteiger partial charge is 0.297 e. The second-order valence-electron chi connectivity index (χ2n) is 6.69. The first-order valence-corrected chi connectivity index (χ1v) is 11.8. The molecule has 0 atom stereocenters. The van der Waals surface area contributed by atoms with Crippen molar-refractivity contribution in [2.75, 3.05) is 6.54 Å². The Balaban J connectivity index is 2.29. The van der Waals surface area contributed by atoms with E-state index in [0.717, 1.165) is 16.7 Å². The molecule has 1 aromatic heterocycles. The maximum atomic E-state index is 12.6. The first kappa shape index (κ1) is 23.5. The van der Waals surface area contributed by atoms with Crippen molar-refractivity contribution in [3.05, 3.63) is 52.3 Å². The summed E-state index contributed by atoms with van der Waals surface area (Å²) >= 11 is 0. The Kier molecular flexibility index (Phi) is 6.17. The quantitative estimate of drug-likeness (QED) is 0.299. The van der Waals surface area contributed by atoms with Crippen LogP contribution in [-0.2, 0) is 26.8 Å². The van der Waals surface area contributed by atoms with Crippen LogP contribution in [0.25, 0.3) is 10.8 Å². The van der Waals surface area contributed by atoms with Gasteiger partial charge in [-0.05, 0) is 24.6 Å². The lowest BCUT2D eigenvalue weighted by molar-refractivity contribution is 0.407. The fourth-order valence-corrected chi connectivity index (χ4v) is 4.71. The maximum Gasteiger partial charge on any atom is 0.297 e. The summed E-state index contributed by atoms with van der Waals surface area (Å²) < 4.78 is 67.6. The van der Waals surface area contributed by atoms with Gasteiger partial charge in [-0.15, -0.1) is 10.2 Å². The molecule has 0 aliphatic heterocycles. The fraction of sp³-hybridized carbons (Fsp3) is 0.167. The number of hydrogen-bond acceptors (Lipinski definition) is 9. The molecule has 0 spiro atoms. The van der Waals surface area contributed by atoms with Crippen LogP contribution in [0.3, 0.4) is 0 Å². The average Bonchev–Trinajstić information content (AvgIpc) is 2.68. The number of azo groups is 1. The Labute approximate surface area is 182 Å². The molecule has 0 amide bonds. The van der Waals surface area contributed by atoms with E-state index in [2.05, 4.69) is 10.2 Å². The first-order valence-electron chi connectivity index (χ1n) is 8.92. The number of rotatable bonds is 6. The van der Waals surface area contributed by atoms with Crippen molar-refractivity contribution in [3.8, 4) is 5.88 Å². The number of fused-ring (bicyclic) bond motifs is 1. The highest BCUT2D eigenvalue weighted by Gasteiger charge is 2.23. The summed E-state index contributed by atoms with van der Waals surface area (Å²) in [6.07, 6.45) is 0. The van der Waals surface area contributed by atoms with Crippen molar-refractivity contribution in [1.82, 2.24) is 4.57 Å². The molecule has 0 saturated carbocycles. The minimum Gasteiger partial charge on any atom is -0.494 e. The fourth-order valence-electron chi connectivity index (χ4n) is 3.18. The maximum absolute atomic E-state index is 12.6. The Bertz CT molecular complexity index is 1530. The SMILES string of the molecule is Cc1cc(O)n(CCN)c(=O)c1N=Nc1ccc2c(S(=O)(=O)O)cccc2c1S(=O)(=O)O. The van der Waals surface area contributed by atoms with Crippen molar-refractivity contribution in [2.24, 2.45) is 16.0 Å². The van der Waals surface area contributed by atoms with Crippen LogP contribution in [0.5, 0.6) is 5.88 Å². The van der Waals surface area contributed by atoms with Gasteiger partial charge in [0.05, 0.1) is 0 Å². The molecule has 32 heavy (non-hydrogen) atoms. The highest BCUT2D eigenvalue weighted by Crippen LogP contribution is 2.36. The molecule has 0 saturated heterocycles. The summed E-state index contributed by atoms with van der Waals surface area (Å²) in [4.78, 5) is 11.3. The van der Waals surface area contributed by atoms with Crippen LogP contribution in [-0.4, -0.2) is 42.2 Å². The molecule has 0 unspecified atom stereocenters. The van der Waals surface area contributed by atoms with Crippen molar-refractivity contribution < 1.29 is 31.0 Å². The third-order valence-electron chi connectivity index (χ3n) is 4.54. The molecular weight excluding hydrogens is 464 g/mol. The lowest BCUT2D eigenvalue weighted by atomic mass is 10.1. The summed E-state index contributed by atoms with van der Waals surface area (Å²) in [5, 5.41) is 17.1. The standard InChI is InChI=1S/C18H18N4O8S2/c1-10-9-15(23)22(8-7-19)18(24)16(10)21-20-13-6-5-11-12(17(13)32(28,29)30)3-2-4-14(11)31(25,26)27/h2-6,9,23H,7-8,19H2,1H3,(H,25,26,27)(H,28,29,30). The molecule has 2 aromatic carbocycles. The summed E-state index contributed by atoms with van der Waals surface area (Å²) in [5.74, 6) is -0.334. The topological polar surface area (TPSA) is 202 Å². The van der Waals surface area contributed by atoms with Crippen molar-refractivity contribution in [1.29, 1.82) is 0 Å². The second kappa shape index (κ2) is 8.40. The van der Waals surface area contributed by atoms with Crippen molar-refractivity contribution in [3.63, 3.8) is 0 Å². The molecule has 170 valence electrons. The molecular formula is C18H18N4O8S2. The van der Waals surface area contributed by atoms with E-state index in [1.54, 1.807) is 0 Å². The summed E-state index contributed by atoms with van der Waals surface area (Å²) in [6, 6.07) is 6.96. The van der Waals surface area contributed by atoms with Gasteiger partial charge in [-0.2, -0.15) is 16.8 Å². The summed E-state index contributed by atoms with van der Waals surface area (Å²) in [5.41, 5.74) is 4.37. The Morgan fingerprint density at radius 1 is 1.00 bits per heavy atom. The Morgan fingerprint density at radius 2 is 1.69 bits per heavy atom. The first-order chi connectivity index (χ1) is 14.9. The Morgan fingerprint density at radius 3 is 2.28 bits per heavy atom. The van der Waals surface area contributed by atoms with Crippen molar-refractivity contribution in [2.45, 2.75) is 23.3 Å². The number of aryl methyl sites for hydroxylation is 1. The van der Waals surface area contributed by atoms with Gasteiger partial charge in [-0.25, -0.2) is 0 Å². The molecule has 0 radical (unpaired) electrons. The number of benzene rings is 2. The van der Waals surface area contributed by atoms with Crippen LogP contribution in [0, 0.1) is 6.92 Å². The molecule has 12 nitrogen and oxygen atoms in total. The van der Waals surface area contributed by atoms with Gasteiger partial charge in [-0.3, -0.25) is 18.5 Å². The van der Waals surface area contributed by atoms with Crippen molar-refractivity contribution >= 4 is 42.4 Å². The zero-order chi connectivity index (χ0) is 23.8. The van der Waals surface area contributed by atoms with Crippen LogP contribution < -0.4 is 11.3 Å². The molecule has 1 heterocycles. The lowest BCUT2D eigenvalue weighted by Crippen LogP contribution is -2.24. The highest BCUT2D eigenvalue weighted by atomic mass is 32.2. The van der Waals surface area contributed by atoms with Gasteiger partial charge in [0, 0.05) is 29.9 Å². The van der Waals surface area contributed by atoms with Gasteiger partial charge in [0.1, 0.15) is 15.5 Å². The number of pyridine rings is 1. The van der Waals surface area contributed by atoms with Crippen LogP contribution in [0.1, 0.15) is 5.56 Å². The van der Waals surface area contributed by atoms with Crippen LogP contribution in [0.4, 0.5) is 11.4 Å². The number of hydrogen-bond donors (Lipinski definition) is 4. The average molecular weight is 482 g/mol. The van der Waals surface area contributed by atoms with E-state index in [4.69, 9.17) is 5.73 Å². The van der Waals surface area contributed by atoms with E-state index < -0.39 is 35.6 Å². The molecule has 0 aliphatic rings. The molecule has 0 aliphatic carbocycles. The number of aromatic nitrogens is 1. The summed E-state index contributed by atoms with van der Waals surface area (Å²) in [6.45, 7) is 1.53. The van der Waals surface area contributed by atoms with E-state index >= 15 is 0 Å². The zero-order valence-electron chi connectivity index (χ0n) is 16.5. The van der Waals surface area contributed by atoms with E-state index in [1.807, 2.05) is 0 Å². The zero-order valence-corrected chi connectivity index (χ0v) is 18.1. The number of aromatic hydroxyl groups is 1. The monoisotopic (exact) mass is 482 g/mol. The Hall–Kier alpha value is -3.17. The molecule has 3 rings (SSSR count). The van der Waals surface area contributed by atoms with Gasteiger partial charge in [-0.1, -0.05) is 18.2 Å². The normalized spacial score (nSPS) is 12.6. The van der Waals surface area contributed by atoms with Crippen LogP contribution in [0.15, 0.2) is 61.2 Å². The van der Waals surface area contributed by atoms with E-state index in [-0.39, 0.29) is 46.7 Å². The molecule has 0 bridgehead atoms. The molecule has 5 N–H and O–H groups in total. The van der Waals surface area contributed by atoms with Gasteiger partial charge < -0.3 is 10.8 Å². The van der Waals surface area contributed by atoms with E-state index in [0.29, 0.717) is 0 Å². The predicted octanol–water partition coefficient (Wildman–Crippen LogP) is 1.88. The summed E-state index contributed by atoms with van der Waals surface area (Å²) in [7, 11) is -9.63. The molecule has 14 heteroatoms. The van der Waals surface area contributed by atoms with Gasteiger partial charge in [0.25, 0.3) is 25.8 Å². The molecule has 3 aromatic rings. The van der Waals surface area contributed by atoms with Gasteiger partial charge in [0.15, 0.2) is 11.6 Å². The minimum absolute atomic E-state index is 0.00186. The van der Waals surface area contributed by atoms with Crippen LogP contribution in [0.2, 0.25) is 0 Å².